The second kappa shape index (κ2) is 7.34. The summed E-state index contributed by atoms with van der Waals surface area (Å²) in [7, 11) is 0. The number of imide groups is 1. The zero-order valence-corrected chi connectivity index (χ0v) is 15.0. The second-order valence-electron chi connectivity index (χ2n) is 5.55. The normalized spacial score (nSPS) is 12.9. The number of ether oxygens (including phenoxy) is 1. The maximum atomic E-state index is 12.3. The molecule has 2 aromatic rings. The highest BCUT2D eigenvalue weighted by atomic mass is 35.5. The molecular formula is C17H10Cl2N2O6. The van der Waals surface area contributed by atoms with Gasteiger partial charge < -0.3 is 4.74 Å². The molecule has 0 saturated carbocycles. The summed E-state index contributed by atoms with van der Waals surface area (Å²) < 4.78 is 4.98. The van der Waals surface area contributed by atoms with Crippen LogP contribution in [0.25, 0.3) is 0 Å². The Morgan fingerprint density at radius 2 is 1.63 bits per heavy atom. The van der Waals surface area contributed by atoms with E-state index in [2.05, 4.69) is 0 Å². The molecule has 1 heterocycles. The summed E-state index contributed by atoms with van der Waals surface area (Å²) in [5, 5.41) is 11.2. The van der Waals surface area contributed by atoms with Crippen LogP contribution in [0.3, 0.4) is 0 Å². The van der Waals surface area contributed by atoms with Gasteiger partial charge in [-0.3, -0.25) is 29.4 Å². The van der Waals surface area contributed by atoms with Crippen LogP contribution < -0.4 is 0 Å². The fraction of sp³-hybridized carbons (Fsp3) is 0.118. The highest BCUT2D eigenvalue weighted by Crippen LogP contribution is 2.31. The first-order valence-electron chi connectivity index (χ1n) is 7.52. The number of esters is 1. The highest BCUT2D eigenvalue weighted by molar-refractivity contribution is 6.43. The fourth-order valence-electron chi connectivity index (χ4n) is 2.57. The minimum absolute atomic E-state index is 0.0425. The predicted molar refractivity (Wildman–Crippen MR) is 94.7 cm³/mol. The van der Waals surface area contributed by atoms with Gasteiger partial charge in [-0.1, -0.05) is 35.3 Å². The third kappa shape index (κ3) is 3.62. The first kappa shape index (κ1) is 18.8. The average Bonchev–Trinajstić information content (AvgIpc) is 2.85. The van der Waals surface area contributed by atoms with Crippen LogP contribution in [0.1, 0.15) is 26.3 Å². The smallest absolute Gasteiger partial charge is 0.326 e. The molecule has 2 aromatic carbocycles. The molecule has 0 bridgehead atoms. The van der Waals surface area contributed by atoms with Crippen LogP contribution in [0.2, 0.25) is 10.0 Å². The average molecular weight is 409 g/mol. The van der Waals surface area contributed by atoms with Crippen molar-refractivity contribution in [1.82, 2.24) is 4.90 Å². The summed E-state index contributed by atoms with van der Waals surface area (Å²) in [5.74, 6) is -2.28. The van der Waals surface area contributed by atoms with Crippen LogP contribution in [-0.2, 0) is 16.1 Å². The molecule has 0 atom stereocenters. The maximum Gasteiger partial charge on any atom is 0.326 e. The van der Waals surface area contributed by atoms with E-state index in [0.717, 1.165) is 0 Å². The minimum atomic E-state index is -0.889. The van der Waals surface area contributed by atoms with Crippen LogP contribution in [0.4, 0.5) is 5.69 Å². The van der Waals surface area contributed by atoms with Crippen molar-refractivity contribution >= 4 is 46.7 Å². The zero-order chi connectivity index (χ0) is 19.7. The van der Waals surface area contributed by atoms with Crippen molar-refractivity contribution in [2.75, 3.05) is 6.54 Å². The number of fused-ring (bicyclic) bond motifs is 1. The van der Waals surface area contributed by atoms with Crippen LogP contribution in [-0.4, -0.2) is 34.2 Å². The zero-order valence-electron chi connectivity index (χ0n) is 13.5. The third-order valence-corrected chi connectivity index (χ3v) is 4.60. The fourth-order valence-corrected chi connectivity index (χ4v) is 2.90. The van der Waals surface area contributed by atoms with Gasteiger partial charge in [0.2, 0.25) is 0 Å². The van der Waals surface area contributed by atoms with Gasteiger partial charge in [-0.2, -0.15) is 0 Å². The van der Waals surface area contributed by atoms with Crippen molar-refractivity contribution in [3.05, 3.63) is 73.2 Å². The van der Waals surface area contributed by atoms with Crippen molar-refractivity contribution in [3.63, 3.8) is 0 Å². The topological polar surface area (TPSA) is 107 Å². The summed E-state index contributed by atoms with van der Waals surface area (Å²) in [6.07, 6.45) is 0. The lowest BCUT2D eigenvalue weighted by molar-refractivity contribution is -0.385. The molecule has 2 amide bonds. The molecule has 27 heavy (non-hydrogen) atoms. The quantitative estimate of drug-likeness (QED) is 0.325. The van der Waals surface area contributed by atoms with Crippen LogP contribution >= 0.6 is 23.2 Å². The first-order valence-corrected chi connectivity index (χ1v) is 8.28. The van der Waals surface area contributed by atoms with E-state index < -0.39 is 29.3 Å². The number of benzene rings is 2. The number of nitro groups is 1. The van der Waals surface area contributed by atoms with E-state index in [0.29, 0.717) is 4.90 Å². The predicted octanol–water partition coefficient (Wildman–Crippen LogP) is 3.24. The molecule has 8 nitrogen and oxygen atoms in total. The van der Waals surface area contributed by atoms with Gasteiger partial charge in [0.25, 0.3) is 17.5 Å². The third-order valence-electron chi connectivity index (χ3n) is 3.88. The molecule has 0 fully saturated rings. The Bertz CT molecular complexity index is 950. The van der Waals surface area contributed by atoms with Gasteiger partial charge in [-0.15, -0.1) is 0 Å². The Kier molecular flexibility index (Phi) is 5.11. The van der Waals surface area contributed by atoms with Crippen molar-refractivity contribution in [2.24, 2.45) is 0 Å². The monoisotopic (exact) mass is 408 g/mol. The number of amides is 2. The molecule has 3 rings (SSSR count). The van der Waals surface area contributed by atoms with Gasteiger partial charge in [0.1, 0.15) is 13.2 Å². The number of carbonyl (C=O) groups excluding carboxylic acids is 3. The Morgan fingerprint density at radius 3 is 2.19 bits per heavy atom. The SMILES string of the molecule is O=C(CN1C(=O)c2cc(Cl)c(Cl)cc2C1=O)OCc1ccccc1[N+](=O)[O-]. The van der Waals surface area contributed by atoms with E-state index in [1.54, 1.807) is 6.07 Å². The minimum Gasteiger partial charge on any atom is -0.459 e. The van der Waals surface area contributed by atoms with E-state index in [1.807, 2.05) is 0 Å². The lowest BCUT2D eigenvalue weighted by Gasteiger charge is -2.13. The molecular weight excluding hydrogens is 399 g/mol. The Morgan fingerprint density at radius 1 is 1.07 bits per heavy atom. The molecule has 0 saturated heterocycles. The molecule has 0 aliphatic carbocycles. The summed E-state index contributed by atoms with van der Waals surface area (Å²) in [6, 6.07) is 8.29. The van der Waals surface area contributed by atoms with Gasteiger partial charge in [0.15, 0.2) is 0 Å². The largest absolute Gasteiger partial charge is 0.459 e. The van der Waals surface area contributed by atoms with Gasteiger partial charge in [-0.25, -0.2) is 0 Å². The van der Waals surface area contributed by atoms with E-state index in [4.69, 9.17) is 27.9 Å². The number of rotatable bonds is 5. The van der Waals surface area contributed by atoms with Gasteiger partial charge in [0.05, 0.1) is 31.7 Å². The Balaban J connectivity index is 1.70. The summed E-state index contributed by atoms with van der Waals surface area (Å²) in [6.45, 7) is -1.00. The molecule has 0 N–H and O–H groups in total. The van der Waals surface area contributed by atoms with E-state index in [-0.39, 0.29) is 39.0 Å². The molecule has 0 spiro atoms. The van der Waals surface area contributed by atoms with Crippen LogP contribution in [0, 0.1) is 10.1 Å². The van der Waals surface area contributed by atoms with Crippen LogP contribution in [0.5, 0.6) is 0 Å². The van der Waals surface area contributed by atoms with Crippen molar-refractivity contribution in [2.45, 2.75) is 6.61 Å². The number of nitrogens with zero attached hydrogens (tertiary/aromatic N) is 2. The van der Waals surface area contributed by atoms with Crippen molar-refractivity contribution in [3.8, 4) is 0 Å². The lowest BCUT2D eigenvalue weighted by atomic mass is 10.1. The molecule has 0 unspecified atom stereocenters. The molecule has 138 valence electrons. The van der Waals surface area contributed by atoms with E-state index >= 15 is 0 Å². The van der Waals surface area contributed by atoms with Gasteiger partial charge in [0, 0.05) is 6.07 Å². The Labute approximate surface area is 162 Å². The summed E-state index contributed by atoms with van der Waals surface area (Å²) in [4.78, 5) is 47.8. The van der Waals surface area contributed by atoms with Crippen molar-refractivity contribution < 1.29 is 24.0 Å². The first-order chi connectivity index (χ1) is 12.8. The molecule has 10 heteroatoms. The maximum absolute atomic E-state index is 12.3. The Hall–Kier alpha value is -2.97. The van der Waals surface area contributed by atoms with Crippen molar-refractivity contribution in [1.29, 1.82) is 0 Å². The molecule has 0 aromatic heterocycles. The summed E-state index contributed by atoms with van der Waals surface area (Å²) in [5.41, 5.74) is 0.0777. The number of halogens is 2. The van der Waals surface area contributed by atoms with Gasteiger partial charge in [-0.05, 0) is 18.2 Å². The number of nitro benzene ring substituents is 1. The number of carbonyl (C=O) groups is 3. The number of hydrogen-bond acceptors (Lipinski definition) is 6. The number of hydrogen-bond donors (Lipinski definition) is 0. The highest BCUT2D eigenvalue weighted by Gasteiger charge is 2.37. The van der Waals surface area contributed by atoms with E-state index in [1.165, 1.54) is 30.3 Å². The molecule has 0 radical (unpaired) electrons. The van der Waals surface area contributed by atoms with E-state index in [9.17, 15) is 24.5 Å². The van der Waals surface area contributed by atoms with Gasteiger partial charge >= 0.3 is 5.97 Å². The number of para-hydroxylation sites is 1. The lowest BCUT2D eigenvalue weighted by Crippen LogP contribution is -2.35. The molecule has 1 aliphatic rings. The molecule has 1 aliphatic heterocycles. The summed E-state index contributed by atoms with van der Waals surface area (Å²) >= 11 is 11.7. The standard InChI is InChI=1S/C17H10Cl2N2O6/c18-12-5-10-11(6-13(12)19)17(24)20(16(10)23)7-15(22)27-8-9-3-1-2-4-14(9)21(25)26/h1-6H,7-8H2. The van der Waals surface area contributed by atoms with Crippen LogP contribution in [0.15, 0.2) is 36.4 Å². The second-order valence-corrected chi connectivity index (χ2v) is 6.37.